The lowest BCUT2D eigenvalue weighted by Gasteiger charge is -2.34. The molecule has 1 aromatic rings. The average molecular weight is 292 g/mol. The third-order valence-corrected chi connectivity index (χ3v) is 5.12. The van der Waals surface area contributed by atoms with Crippen LogP contribution in [0.2, 0.25) is 0 Å². The molecule has 2 rings (SSSR count). The van der Waals surface area contributed by atoms with Crippen molar-refractivity contribution < 1.29 is 4.39 Å². The highest BCUT2D eigenvalue weighted by Crippen LogP contribution is 2.34. The Balaban J connectivity index is 1.96. The molecule has 1 aliphatic carbocycles. The third kappa shape index (κ3) is 4.52. The Labute approximate surface area is 128 Å². The second kappa shape index (κ2) is 7.90. The first-order valence-corrected chi connectivity index (χ1v) is 8.35. The fourth-order valence-electron chi connectivity index (χ4n) is 3.75. The maximum atomic E-state index is 13.4. The molecule has 3 N–H and O–H groups in total. The molecular formula is C18H29FN2. The molecular weight excluding hydrogens is 263 g/mol. The van der Waals surface area contributed by atoms with Crippen LogP contribution in [0.4, 0.5) is 4.39 Å². The first-order valence-electron chi connectivity index (χ1n) is 8.35. The van der Waals surface area contributed by atoms with Gasteiger partial charge in [0.25, 0.3) is 0 Å². The van der Waals surface area contributed by atoms with Crippen molar-refractivity contribution in [1.29, 1.82) is 0 Å². The van der Waals surface area contributed by atoms with E-state index in [1.807, 2.05) is 13.0 Å². The first-order chi connectivity index (χ1) is 10.1. The standard InChI is InChI=1S/C18H29FN2/c1-3-4-14-6-8-15(9-7-14)18(21-20)12-16-11-17(19)10-5-13(16)2/h5,10-11,14-15,18,21H,3-4,6-9,12,20H2,1-2H3. The lowest BCUT2D eigenvalue weighted by atomic mass is 9.76. The molecule has 1 saturated carbocycles. The van der Waals surface area contributed by atoms with Crippen LogP contribution in [0.1, 0.15) is 56.6 Å². The highest BCUT2D eigenvalue weighted by Gasteiger charge is 2.27. The second-order valence-electron chi connectivity index (χ2n) is 6.62. The van der Waals surface area contributed by atoms with Gasteiger partial charge in [-0.15, -0.1) is 0 Å². The Bertz CT molecular complexity index is 439. The number of hydrogen-bond donors (Lipinski definition) is 2. The Morgan fingerprint density at radius 1 is 1.29 bits per heavy atom. The number of halogens is 1. The molecule has 0 aliphatic heterocycles. The highest BCUT2D eigenvalue weighted by atomic mass is 19.1. The van der Waals surface area contributed by atoms with Crippen LogP contribution in [-0.4, -0.2) is 6.04 Å². The summed E-state index contributed by atoms with van der Waals surface area (Å²) in [6.07, 6.45) is 8.59. The predicted molar refractivity (Wildman–Crippen MR) is 86.3 cm³/mol. The van der Waals surface area contributed by atoms with Crippen LogP contribution >= 0.6 is 0 Å². The van der Waals surface area contributed by atoms with Crippen molar-refractivity contribution in [1.82, 2.24) is 5.43 Å². The van der Waals surface area contributed by atoms with E-state index in [1.54, 1.807) is 6.07 Å². The van der Waals surface area contributed by atoms with Gasteiger partial charge in [-0.1, -0.05) is 38.7 Å². The molecule has 118 valence electrons. The minimum Gasteiger partial charge on any atom is -0.271 e. The molecule has 2 nitrogen and oxygen atoms in total. The number of aryl methyl sites for hydroxylation is 1. The van der Waals surface area contributed by atoms with E-state index < -0.39 is 0 Å². The molecule has 0 radical (unpaired) electrons. The Morgan fingerprint density at radius 2 is 2.00 bits per heavy atom. The lowest BCUT2D eigenvalue weighted by molar-refractivity contribution is 0.213. The summed E-state index contributed by atoms with van der Waals surface area (Å²) >= 11 is 0. The molecule has 1 fully saturated rings. The highest BCUT2D eigenvalue weighted by molar-refractivity contribution is 5.27. The van der Waals surface area contributed by atoms with Crippen LogP contribution in [0.3, 0.4) is 0 Å². The molecule has 0 amide bonds. The van der Waals surface area contributed by atoms with E-state index in [0.717, 1.165) is 23.5 Å². The van der Waals surface area contributed by atoms with Crippen LogP contribution in [0, 0.1) is 24.6 Å². The number of hydrogen-bond acceptors (Lipinski definition) is 2. The van der Waals surface area contributed by atoms with Gasteiger partial charge in [0.15, 0.2) is 0 Å². The first kappa shape index (κ1) is 16.4. The molecule has 0 saturated heterocycles. The summed E-state index contributed by atoms with van der Waals surface area (Å²) in [5.74, 6) is 7.15. The Kier molecular flexibility index (Phi) is 6.19. The van der Waals surface area contributed by atoms with Gasteiger partial charge in [-0.25, -0.2) is 4.39 Å². The fraction of sp³-hybridized carbons (Fsp3) is 0.667. The van der Waals surface area contributed by atoms with Gasteiger partial charge in [-0.05, 0) is 61.3 Å². The smallest absolute Gasteiger partial charge is 0.123 e. The van der Waals surface area contributed by atoms with Gasteiger partial charge < -0.3 is 0 Å². The predicted octanol–water partition coefficient (Wildman–Crippen LogP) is 4.12. The van der Waals surface area contributed by atoms with Gasteiger partial charge in [0.2, 0.25) is 0 Å². The summed E-state index contributed by atoms with van der Waals surface area (Å²) in [5.41, 5.74) is 5.22. The van der Waals surface area contributed by atoms with Crippen molar-refractivity contribution in [2.75, 3.05) is 0 Å². The molecule has 1 aliphatic rings. The van der Waals surface area contributed by atoms with E-state index in [-0.39, 0.29) is 11.9 Å². The number of nitrogens with two attached hydrogens (primary N) is 1. The van der Waals surface area contributed by atoms with E-state index in [0.29, 0.717) is 5.92 Å². The van der Waals surface area contributed by atoms with Gasteiger partial charge in [-0.2, -0.15) is 0 Å². The van der Waals surface area contributed by atoms with E-state index in [4.69, 9.17) is 5.84 Å². The molecule has 0 aromatic heterocycles. The number of nitrogens with one attached hydrogen (secondary N) is 1. The van der Waals surface area contributed by atoms with Crippen molar-refractivity contribution >= 4 is 0 Å². The lowest BCUT2D eigenvalue weighted by Crippen LogP contribution is -2.43. The molecule has 0 spiro atoms. The monoisotopic (exact) mass is 292 g/mol. The molecule has 1 atom stereocenters. The third-order valence-electron chi connectivity index (χ3n) is 5.12. The van der Waals surface area contributed by atoms with Crippen LogP contribution in [0.25, 0.3) is 0 Å². The zero-order valence-electron chi connectivity index (χ0n) is 13.4. The molecule has 21 heavy (non-hydrogen) atoms. The number of hydrazine groups is 1. The Hall–Kier alpha value is -0.930. The maximum Gasteiger partial charge on any atom is 0.123 e. The van der Waals surface area contributed by atoms with Crippen LogP contribution in [0.5, 0.6) is 0 Å². The SMILES string of the molecule is CCCC1CCC(C(Cc2cc(F)ccc2C)NN)CC1. The summed E-state index contributed by atoms with van der Waals surface area (Å²) in [6, 6.07) is 5.30. The summed E-state index contributed by atoms with van der Waals surface area (Å²) in [7, 11) is 0. The quantitative estimate of drug-likeness (QED) is 0.611. The van der Waals surface area contributed by atoms with Gasteiger partial charge >= 0.3 is 0 Å². The van der Waals surface area contributed by atoms with Gasteiger partial charge in [-0.3, -0.25) is 11.3 Å². The van der Waals surface area contributed by atoms with E-state index in [9.17, 15) is 4.39 Å². The van der Waals surface area contributed by atoms with E-state index >= 15 is 0 Å². The zero-order chi connectivity index (χ0) is 15.2. The molecule has 1 aromatic carbocycles. The van der Waals surface area contributed by atoms with Crippen molar-refractivity contribution in [3.05, 3.63) is 35.1 Å². The van der Waals surface area contributed by atoms with Gasteiger partial charge in [0.05, 0.1) is 0 Å². The normalized spacial score (nSPS) is 24.0. The van der Waals surface area contributed by atoms with Crippen molar-refractivity contribution in [3.63, 3.8) is 0 Å². The number of rotatable bonds is 6. The molecule has 0 heterocycles. The van der Waals surface area contributed by atoms with Crippen molar-refractivity contribution in [2.45, 2.75) is 64.8 Å². The van der Waals surface area contributed by atoms with Crippen molar-refractivity contribution in [2.24, 2.45) is 17.7 Å². The van der Waals surface area contributed by atoms with Gasteiger partial charge in [0.1, 0.15) is 5.82 Å². The molecule has 0 bridgehead atoms. The van der Waals surface area contributed by atoms with Crippen LogP contribution in [-0.2, 0) is 6.42 Å². The fourth-order valence-corrected chi connectivity index (χ4v) is 3.75. The summed E-state index contributed by atoms with van der Waals surface area (Å²) < 4.78 is 13.4. The van der Waals surface area contributed by atoms with Crippen LogP contribution in [0.15, 0.2) is 18.2 Å². The maximum absolute atomic E-state index is 13.4. The van der Waals surface area contributed by atoms with Crippen LogP contribution < -0.4 is 11.3 Å². The summed E-state index contributed by atoms with van der Waals surface area (Å²) in [4.78, 5) is 0. The minimum atomic E-state index is -0.155. The molecule has 3 heteroatoms. The Morgan fingerprint density at radius 3 is 2.62 bits per heavy atom. The molecule has 1 unspecified atom stereocenters. The van der Waals surface area contributed by atoms with E-state index in [2.05, 4.69) is 12.3 Å². The number of benzene rings is 1. The minimum absolute atomic E-state index is 0.155. The topological polar surface area (TPSA) is 38.0 Å². The summed E-state index contributed by atoms with van der Waals surface area (Å²) in [6.45, 7) is 4.31. The summed E-state index contributed by atoms with van der Waals surface area (Å²) in [5, 5.41) is 0. The van der Waals surface area contributed by atoms with Crippen molar-refractivity contribution in [3.8, 4) is 0 Å². The second-order valence-corrected chi connectivity index (χ2v) is 6.62. The zero-order valence-corrected chi connectivity index (χ0v) is 13.4. The van der Waals surface area contributed by atoms with Gasteiger partial charge in [0, 0.05) is 6.04 Å². The largest absolute Gasteiger partial charge is 0.271 e. The van der Waals surface area contributed by atoms with E-state index in [1.165, 1.54) is 44.6 Å². The average Bonchev–Trinajstić information content (AvgIpc) is 2.49.